The standard InChI is InChI=1S/C21H22N.3C17H14N.C11H20O2.3C5H8O2.4Ir/c1-14(2)9-17-5-6-18-7-8-20(22-21(18)13-17)19-11-15(3)10-16(4)12-19;1-12-4-3-5-15(10-12)16-9-8-14-7-6-13(2)11-17(14)18-16;2*1-12-9-13(2)11-15(10-12)17-8-7-14-5-3-4-6-16(14)18-17;1-8(2)5-10(12)7-11(13)6-9(3)4;3*1-4(6)3-5(2)7;;;;/h5-8,10-11,13-14H,9H2,1-4H3;3-4,6-11H,1-2H3;2*3-10H,1-2H3;7-9,12H,5-6H2,1-4H3;3*3,6H,1-2H3;;;;/q4*-1;;;;;;;;. The average Bonchev–Trinajstić information content (AvgIpc) is 0.827. The van der Waals surface area contributed by atoms with Gasteiger partial charge < -0.3 is 20.4 Å². The monoisotopic (exact) mass is 2240 g/mol. The molecule has 0 saturated carbocycles. The van der Waals surface area contributed by atoms with Crippen LogP contribution in [0.1, 0.15) is 146 Å². The van der Waals surface area contributed by atoms with E-state index >= 15 is 0 Å². The fourth-order valence-electron chi connectivity index (χ4n) is 11.6. The van der Waals surface area contributed by atoms with Crippen molar-refractivity contribution in [3.05, 3.63) is 310 Å². The third-order valence-corrected chi connectivity index (χ3v) is 15.7. The van der Waals surface area contributed by atoms with Crippen molar-refractivity contribution in [3.8, 4) is 45.0 Å². The van der Waals surface area contributed by atoms with E-state index < -0.39 is 0 Å². The minimum absolute atomic E-state index is 0. The summed E-state index contributed by atoms with van der Waals surface area (Å²) in [4.78, 5) is 60.2. The van der Waals surface area contributed by atoms with Crippen LogP contribution in [0.2, 0.25) is 0 Å². The molecular formula is C98H108Ir4N4O8-4. The first kappa shape index (κ1) is 103. The van der Waals surface area contributed by atoms with Crippen molar-refractivity contribution >= 4 is 66.7 Å². The summed E-state index contributed by atoms with van der Waals surface area (Å²) in [6.07, 6.45) is 7.06. The predicted octanol–water partition coefficient (Wildman–Crippen LogP) is 24.7. The zero-order valence-corrected chi connectivity index (χ0v) is 78.7. The van der Waals surface area contributed by atoms with E-state index in [1.54, 1.807) is 0 Å². The molecule has 16 heteroatoms. The minimum atomic E-state index is -0.125. The van der Waals surface area contributed by atoms with Crippen LogP contribution >= 0.6 is 0 Å². The maximum absolute atomic E-state index is 11.2. The number of fused-ring (bicyclic) bond motifs is 4. The van der Waals surface area contributed by atoms with Gasteiger partial charge in [0.2, 0.25) is 0 Å². The van der Waals surface area contributed by atoms with Gasteiger partial charge in [-0.05, 0) is 152 Å². The van der Waals surface area contributed by atoms with E-state index in [0.717, 1.165) is 90.2 Å². The Bertz CT molecular complexity index is 4990. The van der Waals surface area contributed by atoms with Crippen molar-refractivity contribution in [1.82, 2.24) is 19.9 Å². The van der Waals surface area contributed by atoms with E-state index in [4.69, 9.17) is 35.3 Å². The average molecular weight is 2240 g/mol. The second kappa shape index (κ2) is 52.3. The number of para-hydroxylation sites is 2. The van der Waals surface area contributed by atoms with Crippen molar-refractivity contribution < 1.29 is 120 Å². The molecule has 0 atom stereocenters. The Kier molecular flexibility index (Phi) is 47.2. The molecule has 0 fully saturated rings. The molecule has 0 spiro atoms. The summed E-state index contributed by atoms with van der Waals surface area (Å²) in [5, 5.41) is 39.1. The van der Waals surface area contributed by atoms with Crippen LogP contribution in [0.25, 0.3) is 88.6 Å². The molecule has 12 nitrogen and oxygen atoms in total. The van der Waals surface area contributed by atoms with Crippen molar-refractivity contribution in [2.45, 2.75) is 158 Å². The van der Waals surface area contributed by atoms with Gasteiger partial charge in [-0.3, -0.25) is 39.1 Å². The number of carbonyl (C=O) groups excluding carboxylic acids is 4. The molecule has 4 aromatic heterocycles. The normalized spacial score (nSPS) is 10.8. The van der Waals surface area contributed by atoms with Crippen LogP contribution in [-0.4, -0.2) is 63.5 Å². The molecule has 0 bridgehead atoms. The largest absolute Gasteiger partial charge is 0.512 e. The number of allylic oxidation sites excluding steroid dienone is 8. The van der Waals surface area contributed by atoms with Gasteiger partial charge in [-0.1, -0.05) is 199 Å². The summed E-state index contributed by atoms with van der Waals surface area (Å²) in [6, 6.07) is 78.4. The van der Waals surface area contributed by atoms with Crippen molar-refractivity contribution in [3.63, 3.8) is 0 Å². The fraction of sp³-hybridized carbons (Fsp3) is 0.265. The number of rotatable bonds is 14. The number of carbonyl (C=O) groups is 4. The van der Waals surface area contributed by atoms with E-state index in [-0.39, 0.29) is 127 Å². The number of aliphatic hydroxyl groups is 4. The Morgan fingerprint density at radius 3 is 1.01 bits per heavy atom. The Hall–Kier alpha value is -9.16. The molecular weight excluding hydrogens is 2130 g/mol. The van der Waals surface area contributed by atoms with Crippen molar-refractivity contribution in [1.29, 1.82) is 0 Å². The first-order chi connectivity index (χ1) is 52.0. The van der Waals surface area contributed by atoms with E-state index in [9.17, 15) is 24.3 Å². The van der Waals surface area contributed by atoms with Gasteiger partial charge in [-0.25, -0.2) is 0 Å². The SMILES string of the molecule is CC(=O)C=C(C)O.CC(=O)C=C(C)O.CC(=O)C=C(C)O.CC(C)CC(=O)C=C(O)CC(C)C.Cc1[c-]c(-c2ccc3ccc(CC(C)C)cc3n2)cc(C)c1.Cc1[c-]c(-c2ccc3ccccc3n2)cc(C)c1.Cc1[c-]c(-c2ccc3ccccc3n2)cc(C)c1.Cc1cc[c-]c(-c2ccc3ccc(C)cc3n2)c1.[Ir].[Ir].[Ir].[Ir]. The first-order valence-electron chi connectivity index (χ1n) is 37.0. The molecule has 12 rings (SSSR count). The van der Waals surface area contributed by atoms with E-state index in [1.165, 1.54) is 121 Å². The van der Waals surface area contributed by atoms with Crippen LogP contribution in [0, 0.1) is 97.4 Å². The number of ketones is 4. The number of aromatic nitrogens is 4. The van der Waals surface area contributed by atoms with Crippen LogP contribution in [-0.2, 0) is 106 Å². The van der Waals surface area contributed by atoms with Gasteiger partial charge in [0.1, 0.15) is 0 Å². The molecule has 0 unspecified atom stereocenters. The smallest absolute Gasteiger partial charge is 0.159 e. The van der Waals surface area contributed by atoms with Gasteiger partial charge in [0, 0.05) is 118 Å². The van der Waals surface area contributed by atoms with E-state index in [0.29, 0.717) is 30.6 Å². The summed E-state index contributed by atoms with van der Waals surface area (Å²) in [5.41, 5.74) is 23.4. The maximum Gasteiger partial charge on any atom is 0.159 e. The molecule has 12 aromatic rings. The van der Waals surface area contributed by atoms with E-state index in [2.05, 4.69) is 239 Å². The zero-order valence-electron chi connectivity index (χ0n) is 69.1. The molecule has 0 aliphatic carbocycles. The molecule has 4 N–H and O–H groups in total. The fourth-order valence-corrected chi connectivity index (χ4v) is 11.6. The molecule has 4 radical (unpaired) electrons. The second-order valence-corrected chi connectivity index (χ2v) is 29.0. The van der Waals surface area contributed by atoms with Crippen LogP contribution in [0.5, 0.6) is 0 Å². The molecule has 0 aliphatic rings. The van der Waals surface area contributed by atoms with Crippen molar-refractivity contribution in [2.24, 2.45) is 17.8 Å². The topological polar surface area (TPSA) is 201 Å². The summed E-state index contributed by atoms with van der Waals surface area (Å²) >= 11 is 0. The summed E-state index contributed by atoms with van der Waals surface area (Å²) < 4.78 is 0. The minimum Gasteiger partial charge on any atom is -0.512 e. The molecule has 0 amide bonds. The summed E-state index contributed by atoms with van der Waals surface area (Å²) in [6.45, 7) is 37.8. The third-order valence-electron chi connectivity index (χ3n) is 15.7. The van der Waals surface area contributed by atoms with Crippen LogP contribution < -0.4 is 0 Å². The number of pyridine rings is 4. The first-order valence-corrected chi connectivity index (χ1v) is 37.0. The summed E-state index contributed by atoms with van der Waals surface area (Å²) in [5.74, 6) is 1.45. The zero-order chi connectivity index (χ0) is 81.3. The molecule has 608 valence electrons. The summed E-state index contributed by atoms with van der Waals surface area (Å²) in [7, 11) is 0. The molecule has 114 heavy (non-hydrogen) atoms. The van der Waals surface area contributed by atoms with E-state index in [1.807, 2.05) is 70.2 Å². The van der Waals surface area contributed by atoms with Gasteiger partial charge in [-0.2, -0.15) is 0 Å². The number of hydrogen-bond donors (Lipinski definition) is 4. The van der Waals surface area contributed by atoms with Crippen molar-refractivity contribution in [2.75, 3.05) is 0 Å². The molecule has 8 aromatic carbocycles. The number of nitrogens with zero attached hydrogens (tertiary/aromatic N) is 4. The Balaban J connectivity index is 0.000000669. The van der Waals surface area contributed by atoms with Gasteiger partial charge in [-0.15, -0.1) is 140 Å². The Morgan fingerprint density at radius 2 is 0.667 bits per heavy atom. The van der Waals surface area contributed by atoms with Crippen LogP contribution in [0.15, 0.2) is 235 Å². The molecule has 4 heterocycles. The Morgan fingerprint density at radius 1 is 0.342 bits per heavy atom. The van der Waals surface area contributed by atoms with Crippen LogP contribution in [0.3, 0.4) is 0 Å². The molecule has 0 aliphatic heterocycles. The number of benzene rings is 8. The molecule has 0 saturated heterocycles. The second-order valence-electron chi connectivity index (χ2n) is 29.0. The maximum atomic E-state index is 11.2. The van der Waals surface area contributed by atoms with Gasteiger partial charge >= 0.3 is 0 Å². The van der Waals surface area contributed by atoms with Gasteiger partial charge in [0.25, 0.3) is 0 Å². The predicted molar refractivity (Wildman–Crippen MR) is 456 cm³/mol. The van der Waals surface area contributed by atoms with Crippen LogP contribution in [0.4, 0.5) is 0 Å². The number of aryl methyl sites for hydroxylation is 8. The number of aliphatic hydroxyl groups excluding tert-OH is 4. The Labute approximate surface area is 730 Å². The third kappa shape index (κ3) is 39.3. The van der Waals surface area contributed by atoms with Gasteiger partial charge in [0.15, 0.2) is 23.1 Å². The van der Waals surface area contributed by atoms with Gasteiger partial charge in [0.05, 0.1) is 45.1 Å². The number of hydrogen-bond acceptors (Lipinski definition) is 12. The quantitative estimate of drug-likeness (QED) is 0.0457.